The molecule has 8 nitrogen and oxygen atoms in total. The molecule has 94 valence electrons. The van der Waals surface area contributed by atoms with Gasteiger partial charge in [-0.1, -0.05) is 4.98 Å². The highest BCUT2D eigenvalue weighted by Crippen LogP contribution is 2.33. The van der Waals surface area contributed by atoms with Crippen LogP contribution in [0.2, 0.25) is 0 Å². The van der Waals surface area contributed by atoms with Crippen LogP contribution in [0, 0.1) is 10.1 Å². The zero-order valence-corrected chi connectivity index (χ0v) is 8.51. The van der Waals surface area contributed by atoms with Gasteiger partial charge in [-0.15, -0.1) is 0 Å². The van der Waals surface area contributed by atoms with Gasteiger partial charge in [-0.05, 0) is 4.92 Å². The number of halogens is 1. The monoisotopic (exact) mass is 247 g/mol. The van der Waals surface area contributed by atoms with Gasteiger partial charge in [-0.25, -0.2) is 4.39 Å². The molecule has 1 saturated heterocycles. The average Bonchev–Trinajstić information content (AvgIpc) is 2.86. The summed E-state index contributed by atoms with van der Waals surface area (Å²) in [7, 11) is 0. The van der Waals surface area contributed by atoms with E-state index in [0.717, 1.165) is 10.8 Å². The first-order chi connectivity index (χ1) is 8.06. The first kappa shape index (κ1) is 11.9. The van der Waals surface area contributed by atoms with E-state index in [1.165, 1.54) is 6.20 Å². The third-order valence-corrected chi connectivity index (χ3v) is 2.55. The van der Waals surface area contributed by atoms with Crippen LogP contribution in [-0.2, 0) is 4.74 Å². The van der Waals surface area contributed by atoms with E-state index < -0.39 is 42.1 Å². The molecule has 0 spiro atoms. The molecule has 1 aliphatic heterocycles. The predicted octanol–water partition coefficient (Wildman–Crippen LogP) is -0.620. The lowest BCUT2D eigenvalue weighted by molar-refractivity contribution is -0.398. The molecule has 0 aliphatic carbocycles. The maximum atomic E-state index is 13.4. The molecule has 1 fully saturated rings. The second kappa shape index (κ2) is 4.35. The highest BCUT2D eigenvalue weighted by molar-refractivity contribution is 5.09. The molecule has 0 amide bonds. The van der Waals surface area contributed by atoms with Gasteiger partial charge < -0.3 is 25.1 Å². The minimum Gasteiger partial charge on any atom is -0.394 e. The molecule has 2 heterocycles. The zero-order valence-electron chi connectivity index (χ0n) is 8.51. The maximum absolute atomic E-state index is 13.4. The molecular weight excluding hydrogens is 237 g/mol. The number of ether oxygens (including phenoxy) is 1. The predicted molar refractivity (Wildman–Crippen MR) is 50.8 cm³/mol. The van der Waals surface area contributed by atoms with E-state index in [1.807, 2.05) is 0 Å². The number of aliphatic hydroxyl groups is 2. The fourth-order valence-electron chi connectivity index (χ4n) is 1.73. The second-order valence-electron chi connectivity index (χ2n) is 3.57. The van der Waals surface area contributed by atoms with Crippen molar-refractivity contribution in [2.75, 3.05) is 6.61 Å². The summed E-state index contributed by atoms with van der Waals surface area (Å²) in [6.07, 6.45) is -3.49. The van der Waals surface area contributed by atoms with Crippen molar-refractivity contribution >= 4 is 5.95 Å². The van der Waals surface area contributed by atoms with Gasteiger partial charge in [0.2, 0.25) is 6.23 Å². The van der Waals surface area contributed by atoms with Crippen molar-refractivity contribution < 1.29 is 24.3 Å². The number of aromatic nitrogens is 2. The lowest BCUT2D eigenvalue weighted by Crippen LogP contribution is -2.29. The van der Waals surface area contributed by atoms with Crippen molar-refractivity contribution in [3.8, 4) is 0 Å². The Morgan fingerprint density at radius 1 is 1.71 bits per heavy atom. The fraction of sp³-hybridized carbons (Fsp3) is 0.625. The van der Waals surface area contributed by atoms with Gasteiger partial charge in [0, 0.05) is 0 Å². The van der Waals surface area contributed by atoms with E-state index in [9.17, 15) is 19.6 Å². The summed E-state index contributed by atoms with van der Waals surface area (Å²) in [5.41, 5.74) is 0. The SMILES string of the molecule is O=[N+]([O-])c1nccn1C1O[C@H](CO)[C@@H](F)[C@H]1O. The first-order valence-corrected chi connectivity index (χ1v) is 4.82. The molecule has 2 N–H and O–H groups in total. The van der Waals surface area contributed by atoms with Crippen molar-refractivity contribution in [1.82, 2.24) is 9.55 Å². The third-order valence-electron chi connectivity index (χ3n) is 2.55. The summed E-state index contributed by atoms with van der Waals surface area (Å²) < 4.78 is 19.4. The van der Waals surface area contributed by atoms with Crippen LogP contribution in [-0.4, -0.2) is 49.7 Å². The summed E-state index contributed by atoms with van der Waals surface area (Å²) in [4.78, 5) is 13.3. The molecule has 1 unspecified atom stereocenters. The molecule has 4 atom stereocenters. The standard InChI is InChI=1S/C8H10FN3O5/c9-5-4(3-13)17-7(6(5)14)11-2-1-10-8(11)12(15)16/h1-2,4-7,13-14H,3H2/t4-,5-,6-,7?/m1/s1. The Morgan fingerprint density at radius 2 is 2.41 bits per heavy atom. The Morgan fingerprint density at radius 3 is 2.94 bits per heavy atom. The van der Waals surface area contributed by atoms with Gasteiger partial charge in [-0.2, -0.15) is 4.57 Å². The van der Waals surface area contributed by atoms with Gasteiger partial charge in [0.05, 0.1) is 6.61 Å². The van der Waals surface area contributed by atoms with Crippen molar-refractivity contribution in [3.63, 3.8) is 0 Å². The van der Waals surface area contributed by atoms with E-state index in [2.05, 4.69) is 4.98 Å². The van der Waals surface area contributed by atoms with Crippen molar-refractivity contribution in [2.45, 2.75) is 24.6 Å². The van der Waals surface area contributed by atoms with Crippen molar-refractivity contribution in [1.29, 1.82) is 0 Å². The largest absolute Gasteiger partial charge is 0.436 e. The highest BCUT2D eigenvalue weighted by Gasteiger charge is 2.47. The quantitative estimate of drug-likeness (QED) is 0.544. The highest BCUT2D eigenvalue weighted by atomic mass is 19.1. The van der Waals surface area contributed by atoms with Gasteiger partial charge in [0.1, 0.15) is 24.6 Å². The molecule has 9 heteroatoms. The lowest BCUT2D eigenvalue weighted by Gasteiger charge is -2.12. The lowest BCUT2D eigenvalue weighted by atomic mass is 10.1. The third kappa shape index (κ3) is 1.88. The van der Waals surface area contributed by atoms with E-state index in [4.69, 9.17) is 9.84 Å². The summed E-state index contributed by atoms with van der Waals surface area (Å²) >= 11 is 0. The molecule has 1 aromatic heterocycles. The van der Waals surface area contributed by atoms with Crippen molar-refractivity contribution in [2.24, 2.45) is 0 Å². The average molecular weight is 247 g/mol. The molecule has 0 radical (unpaired) electrons. The van der Waals surface area contributed by atoms with Crippen LogP contribution >= 0.6 is 0 Å². The topological polar surface area (TPSA) is 111 Å². The molecule has 17 heavy (non-hydrogen) atoms. The van der Waals surface area contributed by atoms with E-state index in [-0.39, 0.29) is 0 Å². The fourth-order valence-corrected chi connectivity index (χ4v) is 1.73. The summed E-state index contributed by atoms with van der Waals surface area (Å²) in [6, 6.07) is 0. The normalized spacial score (nSPS) is 32.9. The van der Waals surface area contributed by atoms with Crippen LogP contribution in [0.5, 0.6) is 0 Å². The number of nitro groups is 1. The Kier molecular flexibility index (Phi) is 3.05. The summed E-state index contributed by atoms with van der Waals surface area (Å²) in [5.74, 6) is -0.556. The van der Waals surface area contributed by atoms with E-state index in [0.29, 0.717) is 0 Å². The first-order valence-electron chi connectivity index (χ1n) is 4.82. The van der Waals surface area contributed by atoms with Crippen molar-refractivity contribution in [3.05, 3.63) is 22.5 Å². The van der Waals surface area contributed by atoms with Crippen LogP contribution in [0.1, 0.15) is 6.23 Å². The molecule has 0 aromatic carbocycles. The van der Waals surface area contributed by atoms with Gasteiger partial charge in [0.25, 0.3) is 0 Å². The van der Waals surface area contributed by atoms with E-state index >= 15 is 0 Å². The van der Waals surface area contributed by atoms with Crippen LogP contribution in [0.25, 0.3) is 0 Å². The summed E-state index contributed by atoms with van der Waals surface area (Å²) in [6.45, 7) is -0.614. The van der Waals surface area contributed by atoms with E-state index in [1.54, 1.807) is 0 Å². The molecule has 0 bridgehead atoms. The Hall–Kier alpha value is -1.58. The molecular formula is C8H10FN3O5. The maximum Gasteiger partial charge on any atom is 0.436 e. The number of hydrogen-bond donors (Lipinski definition) is 2. The Bertz CT molecular complexity index is 425. The number of imidazole rings is 1. The zero-order chi connectivity index (χ0) is 12.6. The number of rotatable bonds is 3. The Balaban J connectivity index is 2.29. The van der Waals surface area contributed by atoms with Gasteiger partial charge in [-0.3, -0.25) is 0 Å². The van der Waals surface area contributed by atoms with Crippen LogP contribution in [0.4, 0.5) is 10.3 Å². The van der Waals surface area contributed by atoms with Crippen LogP contribution in [0.15, 0.2) is 12.4 Å². The smallest absolute Gasteiger partial charge is 0.394 e. The second-order valence-corrected chi connectivity index (χ2v) is 3.57. The molecule has 2 rings (SSSR count). The number of alkyl halides is 1. The molecule has 1 aromatic rings. The van der Waals surface area contributed by atoms with Crippen LogP contribution < -0.4 is 0 Å². The van der Waals surface area contributed by atoms with Crippen LogP contribution in [0.3, 0.4) is 0 Å². The number of hydrogen-bond acceptors (Lipinski definition) is 6. The minimum atomic E-state index is -1.80. The number of nitrogens with zero attached hydrogens (tertiary/aromatic N) is 3. The Labute approximate surface area is 94.4 Å². The molecule has 1 aliphatic rings. The number of aliphatic hydroxyl groups excluding tert-OH is 2. The van der Waals surface area contributed by atoms with Gasteiger partial charge in [0.15, 0.2) is 6.17 Å². The van der Waals surface area contributed by atoms with Gasteiger partial charge >= 0.3 is 5.95 Å². The molecule has 0 saturated carbocycles. The minimum absolute atomic E-state index is 0.556. The summed E-state index contributed by atoms with van der Waals surface area (Å²) in [5, 5.41) is 29.0.